The lowest BCUT2D eigenvalue weighted by Gasteiger charge is -2.06. The fourth-order valence-corrected chi connectivity index (χ4v) is 3.14. The molecule has 1 N–H and O–H groups in total. The lowest BCUT2D eigenvalue weighted by molar-refractivity contribution is 0.0992. The van der Waals surface area contributed by atoms with Gasteiger partial charge < -0.3 is 4.57 Å². The summed E-state index contributed by atoms with van der Waals surface area (Å²) < 4.78 is 1.80. The molecule has 0 spiro atoms. The van der Waals surface area contributed by atoms with Gasteiger partial charge in [0.2, 0.25) is 0 Å². The van der Waals surface area contributed by atoms with Gasteiger partial charge in [-0.15, -0.1) is 11.3 Å². The summed E-state index contributed by atoms with van der Waals surface area (Å²) in [6, 6.07) is 7.80. The Labute approximate surface area is 150 Å². The van der Waals surface area contributed by atoms with E-state index in [1.165, 1.54) is 23.5 Å². The maximum atomic E-state index is 12.1. The van der Waals surface area contributed by atoms with Crippen LogP contribution in [0.3, 0.4) is 0 Å². The van der Waals surface area contributed by atoms with Crippen LogP contribution in [0.4, 0.5) is 0 Å². The highest BCUT2D eigenvalue weighted by atomic mass is 35.5. The Hall–Kier alpha value is -2.22. The second-order valence-corrected chi connectivity index (χ2v) is 6.49. The number of rotatable bonds is 3. The highest BCUT2D eigenvalue weighted by molar-refractivity contribution is 7.07. The molecule has 2 aromatic heterocycles. The van der Waals surface area contributed by atoms with Gasteiger partial charge in [0.05, 0.1) is 6.54 Å². The van der Waals surface area contributed by atoms with Crippen LogP contribution >= 0.6 is 34.5 Å². The van der Waals surface area contributed by atoms with Gasteiger partial charge in [0.1, 0.15) is 0 Å². The number of carbonyl (C=O) groups excluding carboxylic acids is 1. The van der Waals surface area contributed by atoms with Crippen LogP contribution in [-0.4, -0.2) is 20.7 Å². The number of nitrogens with one attached hydrogen (secondary N) is 1. The molecule has 6 nitrogen and oxygen atoms in total. The minimum absolute atomic E-state index is 0.0686. The van der Waals surface area contributed by atoms with E-state index in [0.717, 1.165) is 5.56 Å². The van der Waals surface area contributed by atoms with E-state index in [4.69, 9.17) is 23.2 Å². The second-order valence-electron chi connectivity index (χ2n) is 4.77. The SMILES string of the molecule is O=C(N=c1sccn1Cc1ccc(Cl)cc1Cl)c1ccc(=O)[nH]n1. The molecule has 1 amide bonds. The van der Waals surface area contributed by atoms with Crippen molar-refractivity contribution in [2.24, 2.45) is 4.99 Å². The molecular formula is C15H10Cl2N4O2S. The Morgan fingerprint density at radius 3 is 2.83 bits per heavy atom. The predicted octanol–water partition coefficient (Wildman–Crippen LogP) is 2.73. The van der Waals surface area contributed by atoms with Crippen molar-refractivity contribution in [3.8, 4) is 0 Å². The van der Waals surface area contributed by atoms with Gasteiger partial charge in [0.15, 0.2) is 10.5 Å². The van der Waals surface area contributed by atoms with Crippen LogP contribution in [0.2, 0.25) is 10.0 Å². The average Bonchev–Trinajstić information content (AvgIpc) is 2.97. The van der Waals surface area contributed by atoms with E-state index in [1.54, 1.807) is 16.7 Å². The Bertz CT molecular complexity index is 1000. The molecule has 0 radical (unpaired) electrons. The number of halogens is 2. The molecule has 0 unspecified atom stereocenters. The molecule has 0 aliphatic carbocycles. The number of nitrogens with zero attached hydrogens (tertiary/aromatic N) is 3. The number of carbonyl (C=O) groups is 1. The normalized spacial score (nSPS) is 11.7. The maximum absolute atomic E-state index is 12.1. The van der Waals surface area contributed by atoms with Gasteiger partial charge in [-0.3, -0.25) is 9.59 Å². The van der Waals surface area contributed by atoms with Crippen molar-refractivity contribution in [2.45, 2.75) is 6.54 Å². The van der Waals surface area contributed by atoms with E-state index in [2.05, 4.69) is 15.2 Å². The van der Waals surface area contributed by atoms with E-state index in [9.17, 15) is 9.59 Å². The highest BCUT2D eigenvalue weighted by Crippen LogP contribution is 2.21. The number of H-pyrrole nitrogens is 1. The van der Waals surface area contributed by atoms with Crippen LogP contribution in [0.25, 0.3) is 0 Å². The van der Waals surface area contributed by atoms with E-state index >= 15 is 0 Å². The summed E-state index contributed by atoms with van der Waals surface area (Å²) in [5, 5.41) is 8.80. The first-order valence-electron chi connectivity index (χ1n) is 6.75. The minimum atomic E-state index is -0.537. The van der Waals surface area contributed by atoms with Crippen LogP contribution in [-0.2, 0) is 6.54 Å². The molecular weight excluding hydrogens is 371 g/mol. The van der Waals surface area contributed by atoms with Gasteiger partial charge in [-0.25, -0.2) is 5.10 Å². The molecule has 24 heavy (non-hydrogen) atoms. The molecule has 0 aliphatic rings. The van der Waals surface area contributed by atoms with Crippen LogP contribution in [0.1, 0.15) is 16.1 Å². The van der Waals surface area contributed by atoms with Crippen molar-refractivity contribution < 1.29 is 4.79 Å². The molecule has 0 saturated carbocycles. The number of aromatic nitrogens is 3. The van der Waals surface area contributed by atoms with Gasteiger partial charge >= 0.3 is 0 Å². The van der Waals surface area contributed by atoms with Gasteiger partial charge in [-0.05, 0) is 23.8 Å². The van der Waals surface area contributed by atoms with Crippen molar-refractivity contribution in [1.29, 1.82) is 0 Å². The molecule has 0 atom stereocenters. The predicted molar refractivity (Wildman–Crippen MR) is 92.6 cm³/mol. The van der Waals surface area contributed by atoms with E-state index < -0.39 is 5.91 Å². The Kier molecular flexibility index (Phi) is 4.94. The molecule has 0 bridgehead atoms. The second kappa shape index (κ2) is 7.12. The first-order valence-corrected chi connectivity index (χ1v) is 8.39. The number of hydrogen-bond acceptors (Lipinski definition) is 4. The molecule has 2 heterocycles. The number of aromatic amines is 1. The van der Waals surface area contributed by atoms with E-state index in [-0.39, 0.29) is 11.3 Å². The van der Waals surface area contributed by atoms with Crippen LogP contribution in [0, 0.1) is 0 Å². The third-order valence-electron chi connectivity index (χ3n) is 3.11. The zero-order valence-corrected chi connectivity index (χ0v) is 14.4. The highest BCUT2D eigenvalue weighted by Gasteiger charge is 2.08. The van der Waals surface area contributed by atoms with Crippen molar-refractivity contribution >= 4 is 40.4 Å². The monoisotopic (exact) mass is 380 g/mol. The third kappa shape index (κ3) is 3.81. The van der Waals surface area contributed by atoms with E-state index in [0.29, 0.717) is 21.4 Å². The molecule has 3 aromatic rings. The number of thiazole rings is 1. The van der Waals surface area contributed by atoms with Gasteiger partial charge in [-0.2, -0.15) is 10.1 Å². The Balaban J connectivity index is 1.90. The molecule has 0 fully saturated rings. The molecule has 3 rings (SSSR count). The topological polar surface area (TPSA) is 80.1 Å². The van der Waals surface area contributed by atoms with Gasteiger partial charge in [0.25, 0.3) is 11.5 Å². The van der Waals surface area contributed by atoms with Crippen molar-refractivity contribution in [3.05, 3.63) is 78.4 Å². The van der Waals surface area contributed by atoms with Crippen LogP contribution in [0.15, 0.2) is 51.7 Å². The van der Waals surface area contributed by atoms with Gasteiger partial charge in [-0.1, -0.05) is 29.3 Å². The molecule has 0 aliphatic heterocycles. The third-order valence-corrected chi connectivity index (χ3v) is 4.49. The molecule has 0 saturated heterocycles. The van der Waals surface area contributed by atoms with E-state index in [1.807, 2.05) is 17.6 Å². The Morgan fingerprint density at radius 2 is 2.12 bits per heavy atom. The van der Waals surface area contributed by atoms with Crippen LogP contribution < -0.4 is 10.4 Å². The number of amides is 1. The van der Waals surface area contributed by atoms with Crippen molar-refractivity contribution in [3.63, 3.8) is 0 Å². The zero-order chi connectivity index (χ0) is 17.1. The molecule has 1 aromatic carbocycles. The lowest BCUT2D eigenvalue weighted by Crippen LogP contribution is -2.18. The standard InChI is InChI=1S/C15H10Cl2N4O2S/c16-10-2-1-9(11(17)7-10)8-21-5-6-24-15(21)18-14(23)12-3-4-13(22)20-19-12/h1-7H,8H2,(H,20,22). The smallest absolute Gasteiger partial charge is 0.300 e. The lowest BCUT2D eigenvalue weighted by atomic mass is 10.2. The van der Waals surface area contributed by atoms with Gasteiger partial charge in [0, 0.05) is 27.7 Å². The largest absolute Gasteiger partial charge is 0.319 e. The summed E-state index contributed by atoms with van der Waals surface area (Å²) in [4.78, 5) is 27.7. The average molecular weight is 381 g/mol. The summed E-state index contributed by atoms with van der Waals surface area (Å²) in [6.45, 7) is 0.449. The number of hydrogen-bond donors (Lipinski definition) is 1. The minimum Gasteiger partial charge on any atom is -0.319 e. The quantitative estimate of drug-likeness (QED) is 0.758. The summed E-state index contributed by atoms with van der Waals surface area (Å²) in [7, 11) is 0. The Morgan fingerprint density at radius 1 is 1.29 bits per heavy atom. The summed E-state index contributed by atoms with van der Waals surface area (Å²) in [5.41, 5.74) is 0.546. The zero-order valence-electron chi connectivity index (χ0n) is 12.1. The molecule has 9 heteroatoms. The summed E-state index contributed by atoms with van der Waals surface area (Å²) >= 11 is 13.4. The fraction of sp³-hybridized carbons (Fsp3) is 0.0667. The summed E-state index contributed by atoms with van der Waals surface area (Å²) in [5.74, 6) is -0.537. The first-order chi connectivity index (χ1) is 11.5. The molecule has 122 valence electrons. The van der Waals surface area contributed by atoms with Crippen molar-refractivity contribution in [2.75, 3.05) is 0 Å². The maximum Gasteiger partial charge on any atom is 0.300 e. The number of benzene rings is 1. The first kappa shape index (κ1) is 16.6. The van der Waals surface area contributed by atoms with Crippen molar-refractivity contribution in [1.82, 2.24) is 14.8 Å². The van der Waals surface area contributed by atoms with Crippen LogP contribution in [0.5, 0.6) is 0 Å². The fourth-order valence-electron chi connectivity index (χ4n) is 1.95. The summed E-state index contributed by atoms with van der Waals surface area (Å²) in [6.07, 6.45) is 1.81.